The van der Waals surface area contributed by atoms with E-state index in [1.807, 2.05) is 13.0 Å². The van der Waals surface area contributed by atoms with Crippen molar-refractivity contribution in [3.05, 3.63) is 47.8 Å². The van der Waals surface area contributed by atoms with Crippen molar-refractivity contribution < 1.29 is 38.6 Å². The number of carbonyl (C=O) groups is 3. The van der Waals surface area contributed by atoms with Crippen molar-refractivity contribution in [3.8, 4) is 11.4 Å². The molecule has 1 saturated heterocycles. The number of hydrogen-bond acceptors (Lipinski definition) is 8. The van der Waals surface area contributed by atoms with Crippen LogP contribution in [0.3, 0.4) is 0 Å². The van der Waals surface area contributed by atoms with Gasteiger partial charge in [0.15, 0.2) is 5.82 Å². The Balaban J connectivity index is 1.77. The highest BCUT2D eigenvalue weighted by molar-refractivity contribution is 7.51. The molecule has 13 nitrogen and oxygen atoms in total. The lowest BCUT2D eigenvalue weighted by Gasteiger charge is -2.36. The normalized spacial score (nSPS) is 15.2. The smallest absolute Gasteiger partial charge is 0.409 e. The molecule has 1 aliphatic rings. The van der Waals surface area contributed by atoms with E-state index in [1.165, 1.54) is 15.9 Å². The van der Waals surface area contributed by atoms with Crippen LogP contribution in [0.4, 0.5) is 4.79 Å². The predicted octanol–water partition coefficient (Wildman–Crippen LogP) is 1.81. The number of rotatable bonds is 12. The van der Waals surface area contributed by atoms with Gasteiger partial charge < -0.3 is 34.7 Å². The number of aryl methyl sites for hydroxylation is 1. The van der Waals surface area contributed by atoms with Gasteiger partial charge in [0.25, 0.3) is 5.91 Å². The van der Waals surface area contributed by atoms with Gasteiger partial charge in [-0.2, -0.15) is 0 Å². The number of aliphatic hydroxyl groups excluding tert-OH is 1. The van der Waals surface area contributed by atoms with Crippen LogP contribution in [-0.2, 0) is 20.5 Å². The molecule has 2 aromatic rings. The van der Waals surface area contributed by atoms with Crippen LogP contribution in [0.5, 0.6) is 0 Å². The highest BCUT2D eigenvalue weighted by Gasteiger charge is 2.35. The third-order valence-corrected chi connectivity index (χ3v) is 7.30. The van der Waals surface area contributed by atoms with Crippen molar-refractivity contribution in [2.45, 2.75) is 51.7 Å². The number of amides is 3. The minimum atomic E-state index is -4.71. The van der Waals surface area contributed by atoms with Gasteiger partial charge in [0, 0.05) is 37.4 Å². The van der Waals surface area contributed by atoms with E-state index < -0.39 is 43.8 Å². The van der Waals surface area contributed by atoms with Gasteiger partial charge in [-0.25, -0.2) is 14.8 Å². The summed E-state index contributed by atoms with van der Waals surface area (Å²) in [5, 5.41) is 12.2. The second-order valence-corrected chi connectivity index (χ2v) is 11.7. The Morgan fingerprint density at radius 3 is 2.34 bits per heavy atom. The summed E-state index contributed by atoms with van der Waals surface area (Å²) in [4.78, 5) is 69.9. The number of nitrogens with zero attached hydrogens (tertiary/aromatic N) is 4. The van der Waals surface area contributed by atoms with E-state index in [1.54, 1.807) is 31.2 Å². The Morgan fingerprint density at radius 1 is 1.07 bits per heavy atom. The third-order valence-electron chi connectivity index (χ3n) is 6.46. The van der Waals surface area contributed by atoms with Crippen LogP contribution in [0.15, 0.2) is 36.4 Å². The summed E-state index contributed by atoms with van der Waals surface area (Å²) in [6.45, 7) is 4.53. The lowest BCUT2D eigenvalue weighted by Crippen LogP contribution is -2.56. The summed E-state index contributed by atoms with van der Waals surface area (Å²) in [7, 11) is -4.71. The molecule has 14 heteroatoms. The van der Waals surface area contributed by atoms with Crippen molar-refractivity contribution in [2.75, 3.05) is 38.9 Å². The molecule has 1 aliphatic heterocycles. The molecule has 2 atom stereocenters. The third kappa shape index (κ3) is 10.2. The second-order valence-electron chi connectivity index (χ2n) is 9.98. The van der Waals surface area contributed by atoms with E-state index >= 15 is 0 Å². The minimum absolute atomic E-state index is 0.0809. The van der Waals surface area contributed by atoms with E-state index in [0.29, 0.717) is 30.7 Å². The molecule has 0 aliphatic carbocycles. The van der Waals surface area contributed by atoms with Crippen LogP contribution in [0.1, 0.15) is 49.3 Å². The number of unbranched alkanes of at least 4 members (excludes halogenated alkanes) is 1. The molecular formula is C27H38N5O8P. The fourth-order valence-electron chi connectivity index (χ4n) is 4.20. The van der Waals surface area contributed by atoms with Gasteiger partial charge in [-0.3, -0.25) is 14.2 Å². The van der Waals surface area contributed by atoms with Crippen LogP contribution in [0.2, 0.25) is 0 Å². The Hall–Kier alpha value is -3.38. The van der Waals surface area contributed by atoms with Crippen LogP contribution in [-0.4, -0.2) is 104 Å². The molecular weight excluding hydrogens is 553 g/mol. The number of ether oxygens (including phenoxy) is 1. The van der Waals surface area contributed by atoms with Crippen molar-refractivity contribution in [1.29, 1.82) is 0 Å². The molecule has 0 bridgehead atoms. The largest absolute Gasteiger partial charge is 0.449 e. The molecule has 1 aromatic carbocycles. The van der Waals surface area contributed by atoms with Crippen LogP contribution in [0.25, 0.3) is 11.4 Å². The summed E-state index contributed by atoms with van der Waals surface area (Å²) >= 11 is 0. The first kappa shape index (κ1) is 32.1. The molecule has 0 spiro atoms. The first-order valence-corrected chi connectivity index (χ1v) is 15.4. The number of aromatic nitrogens is 2. The maximum atomic E-state index is 13.3. The Labute approximate surface area is 239 Å². The van der Waals surface area contributed by atoms with Crippen molar-refractivity contribution in [3.63, 3.8) is 0 Å². The second kappa shape index (κ2) is 15.0. The van der Waals surface area contributed by atoms with Crippen LogP contribution in [0, 0.1) is 0 Å². The first-order chi connectivity index (χ1) is 19.5. The zero-order valence-electron chi connectivity index (χ0n) is 23.3. The Kier molecular flexibility index (Phi) is 11.8. The van der Waals surface area contributed by atoms with E-state index in [-0.39, 0.29) is 37.7 Å². The first-order valence-electron chi connectivity index (χ1n) is 13.6. The van der Waals surface area contributed by atoms with Gasteiger partial charge in [-0.1, -0.05) is 43.7 Å². The number of aliphatic hydroxyl groups is 1. The summed E-state index contributed by atoms with van der Waals surface area (Å²) in [6.07, 6.45) is 0.410. The molecule has 1 fully saturated rings. The molecule has 2 heterocycles. The minimum Gasteiger partial charge on any atom is -0.449 e. The average Bonchev–Trinajstić information content (AvgIpc) is 2.95. The zero-order chi connectivity index (χ0) is 30.0. The monoisotopic (exact) mass is 591 g/mol. The van der Waals surface area contributed by atoms with Crippen LogP contribution >= 0.6 is 7.60 Å². The fraction of sp³-hybridized carbons (Fsp3) is 0.519. The van der Waals surface area contributed by atoms with Gasteiger partial charge in [0.05, 0.1) is 18.9 Å². The highest BCUT2D eigenvalue weighted by atomic mass is 31.2. The molecule has 0 radical (unpaired) electrons. The van der Waals surface area contributed by atoms with E-state index in [0.717, 1.165) is 12.8 Å². The maximum Gasteiger partial charge on any atom is 0.409 e. The van der Waals surface area contributed by atoms with Gasteiger partial charge in [0.2, 0.25) is 5.91 Å². The lowest BCUT2D eigenvalue weighted by atomic mass is 10.1. The van der Waals surface area contributed by atoms with Crippen LogP contribution < -0.4 is 5.32 Å². The fourth-order valence-corrected chi connectivity index (χ4v) is 4.92. The van der Waals surface area contributed by atoms with E-state index in [2.05, 4.69) is 15.3 Å². The molecule has 1 unspecified atom stereocenters. The topological polar surface area (TPSA) is 182 Å². The van der Waals surface area contributed by atoms with Gasteiger partial charge >= 0.3 is 13.7 Å². The average molecular weight is 592 g/mol. The molecule has 0 saturated carbocycles. The number of nitrogens with one attached hydrogen (secondary N) is 1. The number of piperazine rings is 1. The molecule has 4 N–H and O–H groups in total. The maximum absolute atomic E-state index is 13.3. The van der Waals surface area contributed by atoms with Gasteiger partial charge in [0.1, 0.15) is 11.7 Å². The highest BCUT2D eigenvalue weighted by Crippen LogP contribution is 2.35. The molecule has 224 valence electrons. The summed E-state index contributed by atoms with van der Waals surface area (Å²) in [6, 6.07) is 8.86. The van der Waals surface area contributed by atoms with Crippen molar-refractivity contribution in [1.82, 2.24) is 25.1 Å². The number of benzene rings is 1. The number of hydrogen-bond donors (Lipinski definition) is 4. The van der Waals surface area contributed by atoms with Gasteiger partial charge in [-0.15, -0.1) is 0 Å². The van der Waals surface area contributed by atoms with E-state index in [9.17, 15) is 33.8 Å². The quantitative estimate of drug-likeness (QED) is 0.210. The lowest BCUT2D eigenvalue weighted by molar-refractivity contribution is -0.134. The standard InChI is InChI=1S/C27H38N5O8P/c1-3-4-16-40-27(36)32-14-12-31(13-15-32)26(35)23(18-41(37,38)39)30-25(34)22-17-21(11-10-19(2)33)28-24(29-22)20-8-6-5-7-9-20/h5-9,17,19,23,33H,3-4,10-16,18H2,1-2H3,(H,30,34)(H2,37,38,39)/t19-,23?/m1/s1. The molecule has 3 amide bonds. The van der Waals surface area contributed by atoms with E-state index in [4.69, 9.17) is 4.74 Å². The summed E-state index contributed by atoms with van der Waals surface area (Å²) < 4.78 is 17.1. The Morgan fingerprint density at radius 2 is 1.73 bits per heavy atom. The summed E-state index contributed by atoms with van der Waals surface area (Å²) in [5.74, 6) is -1.21. The van der Waals surface area contributed by atoms with Gasteiger partial charge in [-0.05, 0) is 32.3 Å². The van der Waals surface area contributed by atoms with Crippen molar-refractivity contribution in [2.24, 2.45) is 0 Å². The van der Waals surface area contributed by atoms with Crippen molar-refractivity contribution >= 4 is 25.5 Å². The molecule has 3 rings (SSSR count). The zero-order valence-corrected chi connectivity index (χ0v) is 24.2. The Bertz CT molecular complexity index is 1230. The molecule has 41 heavy (non-hydrogen) atoms. The number of carbonyl (C=O) groups excluding carboxylic acids is 3. The predicted molar refractivity (Wildman–Crippen MR) is 150 cm³/mol. The SMILES string of the molecule is CCCCOC(=O)N1CCN(C(=O)C(CP(=O)(O)O)NC(=O)c2cc(CC[C@@H](C)O)nc(-c3ccccc3)n2)CC1. The summed E-state index contributed by atoms with van der Waals surface area (Å²) in [5.41, 5.74) is 1.06. The molecule has 1 aromatic heterocycles.